The van der Waals surface area contributed by atoms with Gasteiger partial charge in [0.15, 0.2) is 5.13 Å². The van der Waals surface area contributed by atoms with Gasteiger partial charge in [0, 0.05) is 10.3 Å². The zero-order valence-electron chi connectivity index (χ0n) is 19.1. The molecule has 0 saturated heterocycles. The van der Waals surface area contributed by atoms with E-state index in [0.29, 0.717) is 10.7 Å². The van der Waals surface area contributed by atoms with Crippen LogP contribution in [0.3, 0.4) is 0 Å². The van der Waals surface area contributed by atoms with Gasteiger partial charge in [0.05, 0.1) is 23.4 Å². The fraction of sp³-hybridized carbons (Fsp3) is 0.231. The number of hydrogen-bond donors (Lipinski definition) is 2. The van der Waals surface area contributed by atoms with E-state index in [4.69, 9.17) is 4.74 Å². The van der Waals surface area contributed by atoms with Crippen LogP contribution in [0.2, 0.25) is 0 Å². The van der Waals surface area contributed by atoms with E-state index in [0.717, 1.165) is 21.5 Å². The van der Waals surface area contributed by atoms with Gasteiger partial charge in [-0.1, -0.05) is 65.7 Å². The number of amides is 1. The predicted octanol–water partition coefficient (Wildman–Crippen LogP) is 6.68. The third kappa shape index (κ3) is 5.93. The highest BCUT2D eigenvalue weighted by atomic mass is 32.2. The molecular formula is C26H27N3O2S2. The molecule has 0 unspecified atom stereocenters. The first-order valence-corrected chi connectivity index (χ1v) is 12.3. The van der Waals surface area contributed by atoms with Gasteiger partial charge in [-0.15, -0.1) is 0 Å². The van der Waals surface area contributed by atoms with Crippen LogP contribution >= 0.6 is 23.3 Å². The van der Waals surface area contributed by atoms with Crippen molar-refractivity contribution in [3.8, 4) is 5.75 Å². The van der Waals surface area contributed by atoms with E-state index in [-0.39, 0.29) is 16.7 Å². The minimum atomic E-state index is -0.180. The number of carbonyl (C=O) groups is 1. The highest BCUT2D eigenvalue weighted by Crippen LogP contribution is 2.31. The first kappa shape index (κ1) is 23.3. The summed E-state index contributed by atoms with van der Waals surface area (Å²) in [6, 6.07) is 23.8. The number of methoxy groups -OCH3 is 1. The number of aromatic nitrogens is 1. The summed E-state index contributed by atoms with van der Waals surface area (Å²) < 4.78 is 9.91. The van der Waals surface area contributed by atoms with Gasteiger partial charge in [0.2, 0.25) is 0 Å². The molecule has 0 fully saturated rings. The number of benzene rings is 3. The predicted molar refractivity (Wildman–Crippen MR) is 139 cm³/mol. The Morgan fingerprint density at radius 1 is 1.00 bits per heavy atom. The molecule has 170 valence electrons. The minimum Gasteiger partial charge on any atom is -0.497 e. The summed E-state index contributed by atoms with van der Waals surface area (Å²) >= 11 is 3.13. The molecule has 1 aromatic heterocycles. The van der Waals surface area contributed by atoms with Crippen LogP contribution in [-0.4, -0.2) is 22.7 Å². The Labute approximate surface area is 202 Å². The summed E-state index contributed by atoms with van der Waals surface area (Å²) in [6.07, 6.45) is 0. The van der Waals surface area contributed by atoms with Gasteiger partial charge in [-0.3, -0.25) is 14.8 Å². The Hall–Kier alpha value is -2.87. The maximum atomic E-state index is 12.8. The lowest BCUT2D eigenvalue weighted by Crippen LogP contribution is -2.22. The third-order valence-electron chi connectivity index (χ3n) is 4.94. The molecule has 0 saturated carbocycles. The lowest BCUT2D eigenvalue weighted by Gasteiger charge is -2.25. The second kappa shape index (κ2) is 9.95. The average molecular weight is 478 g/mol. The maximum Gasteiger partial charge on any atom is 0.257 e. The highest BCUT2D eigenvalue weighted by molar-refractivity contribution is 7.98. The van der Waals surface area contributed by atoms with Gasteiger partial charge in [-0.2, -0.15) is 0 Å². The average Bonchev–Trinajstić information content (AvgIpc) is 3.21. The summed E-state index contributed by atoms with van der Waals surface area (Å²) in [6.45, 7) is 6.54. The summed E-state index contributed by atoms with van der Waals surface area (Å²) in [5.41, 5.74) is 3.70. The first-order valence-electron chi connectivity index (χ1n) is 10.7. The zero-order chi connectivity index (χ0) is 23.4. The summed E-state index contributed by atoms with van der Waals surface area (Å²) in [4.78, 5) is 17.3. The number of nitrogens with zero attached hydrogens (tertiary/aromatic N) is 1. The van der Waals surface area contributed by atoms with E-state index in [9.17, 15) is 4.79 Å². The van der Waals surface area contributed by atoms with Gasteiger partial charge >= 0.3 is 0 Å². The van der Waals surface area contributed by atoms with Crippen LogP contribution in [-0.2, 0) is 0 Å². The number of hydrogen-bond acceptors (Lipinski definition) is 6. The van der Waals surface area contributed by atoms with Crippen LogP contribution in [0.25, 0.3) is 10.2 Å². The molecule has 5 nitrogen and oxygen atoms in total. The largest absolute Gasteiger partial charge is 0.497 e. The number of anilines is 1. The van der Waals surface area contributed by atoms with Crippen molar-refractivity contribution in [2.75, 3.05) is 12.4 Å². The molecule has 2 N–H and O–H groups in total. The van der Waals surface area contributed by atoms with Gasteiger partial charge in [-0.05, 0) is 62.2 Å². The maximum absolute atomic E-state index is 12.8. The van der Waals surface area contributed by atoms with E-state index in [2.05, 4.69) is 47.9 Å². The molecule has 0 aliphatic rings. The highest BCUT2D eigenvalue weighted by Gasteiger charge is 2.19. The minimum absolute atomic E-state index is 0.0202. The third-order valence-corrected chi connectivity index (χ3v) is 6.84. The number of ether oxygens (including phenoxy) is 1. The summed E-state index contributed by atoms with van der Waals surface area (Å²) in [5.74, 6) is 0.590. The van der Waals surface area contributed by atoms with Crippen LogP contribution in [0.1, 0.15) is 48.3 Å². The summed E-state index contributed by atoms with van der Waals surface area (Å²) in [7, 11) is 1.63. The standard InChI is InChI=1S/C26H27N3O2S2/c1-26(2,3)33-29-23(17-8-6-5-7-9-17)18-10-12-19(13-11-18)24(30)28-25-27-21-15-14-20(31-4)16-22(21)32-25/h5-16,23,29H,1-4H3,(H,27,28,30)/t23-/m1/s1. The fourth-order valence-electron chi connectivity index (χ4n) is 3.29. The molecule has 0 aliphatic heterocycles. The van der Waals surface area contributed by atoms with Crippen molar-refractivity contribution in [1.29, 1.82) is 0 Å². The van der Waals surface area contributed by atoms with Crippen LogP contribution in [0.15, 0.2) is 72.8 Å². The summed E-state index contributed by atoms with van der Waals surface area (Å²) in [5, 5.41) is 3.49. The lowest BCUT2D eigenvalue weighted by atomic mass is 9.98. The zero-order valence-corrected chi connectivity index (χ0v) is 20.7. The molecule has 4 aromatic rings. The monoisotopic (exact) mass is 477 g/mol. The van der Waals surface area contributed by atoms with Gasteiger partial charge in [0.25, 0.3) is 5.91 Å². The van der Waals surface area contributed by atoms with E-state index >= 15 is 0 Å². The van der Waals surface area contributed by atoms with Crippen molar-refractivity contribution in [3.63, 3.8) is 0 Å². The number of fused-ring (bicyclic) bond motifs is 1. The van der Waals surface area contributed by atoms with Crippen LogP contribution in [0.4, 0.5) is 5.13 Å². The van der Waals surface area contributed by atoms with Crippen LogP contribution in [0.5, 0.6) is 5.75 Å². The Morgan fingerprint density at radius 3 is 2.36 bits per heavy atom. The molecule has 0 aliphatic carbocycles. The Morgan fingerprint density at radius 2 is 1.70 bits per heavy atom. The number of thiazole rings is 1. The molecule has 33 heavy (non-hydrogen) atoms. The topological polar surface area (TPSA) is 63.2 Å². The second-order valence-electron chi connectivity index (χ2n) is 8.60. The van der Waals surface area contributed by atoms with Gasteiger partial charge in [0.1, 0.15) is 5.75 Å². The van der Waals surface area contributed by atoms with E-state index < -0.39 is 0 Å². The van der Waals surface area contributed by atoms with Crippen molar-refractivity contribution in [1.82, 2.24) is 9.71 Å². The molecule has 0 spiro atoms. The van der Waals surface area contributed by atoms with Gasteiger partial charge in [-0.25, -0.2) is 4.98 Å². The Kier molecular flexibility index (Phi) is 7.02. The van der Waals surface area contributed by atoms with Crippen molar-refractivity contribution < 1.29 is 9.53 Å². The van der Waals surface area contributed by atoms with Crippen LogP contribution in [0, 0.1) is 0 Å². The quantitative estimate of drug-likeness (QED) is 0.291. The van der Waals surface area contributed by atoms with E-state index in [1.165, 1.54) is 16.9 Å². The molecule has 1 amide bonds. The van der Waals surface area contributed by atoms with E-state index in [1.54, 1.807) is 19.1 Å². The molecule has 0 bridgehead atoms. The molecule has 1 heterocycles. The molecule has 4 rings (SSSR count). The second-order valence-corrected chi connectivity index (χ2v) is 11.3. The molecular weight excluding hydrogens is 450 g/mol. The van der Waals surface area contributed by atoms with Crippen molar-refractivity contribution >= 4 is 44.5 Å². The number of nitrogens with one attached hydrogen (secondary N) is 2. The lowest BCUT2D eigenvalue weighted by molar-refractivity contribution is 0.102. The molecule has 0 radical (unpaired) electrons. The normalized spacial score (nSPS) is 12.5. The smallest absolute Gasteiger partial charge is 0.257 e. The van der Waals surface area contributed by atoms with Crippen molar-refractivity contribution in [3.05, 3.63) is 89.5 Å². The van der Waals surface area contributed by atoms with Gasteiger partial charge < -0.3 is 4.74 Å². The molecule has 7 heteroatoms. The SMILES string of the molecule is COc1ccc2nc(NC(=O)c3ccc([C@H](NSC(C)(C)C)c4ccccc4)cc3)sc2c1. The fourth-order valence-corrected chi connectivity index (χ4v) is 4.92. The molecule has 1 atom stereocenters. The van der Waals surface area contributed by atoms with Crippen LogP contribution < -0.4 is 14.8 Å². The Balaban J connectivity index is 1.51. The number of rotatable bonds is 7. The van der Waals surface area contributed by atoms with E-state index in [1.807, 2.05) is 60.7 Å². The first-order chi connectivity index (χ1) is 15.8. The molecule has 3 aromatic carbocycles. The Bertz CT molecular complexity index is 1230. The van der Waals surface area contributed by atoms with Crippen molar-refractivity contribution in [2.45, 2.75) is 31.6 Å². The van der Waals surface area contributed by atoms with Crippen molar-refractivity contribution in [2.24, 2.45) is 0 Å². The number of carbonyl (C=O) groups excluding carboxylic acids is 1.